The fourth-order valence-corrected chi connectivity index (χ4v) is 1.89. The van der Waals surface area contributed by atoms with Crippen LogP contribution in [0.25, 0.3) is 10.9 Å². The van der Waals surface area contributed by atoms with Gasteiger partial charge in [0.1, 0.15) is 0 Å². The van der Waals surface area contributed by atoms with Crippen LogP contribution < -0.4 is 9.47 Å². The van der Waals surface area contributed by atoms with Crippen molar-refractivity contribution in [2.24, 2.45) is 0 Å². The minimum Gasteiger partial charge on any atom is -0.454 e. The Morgan fingerprint density at radius 1 is 1.31 bits per heavy atom. The predicted octanol–water partition coefficient (Wildman–Crippen LogP) is 2.32. The first-order chi connectivity index (χ1) is 7.78. The van der Waals surface area contributed by atoms with Gasteiger partial charge in [-0.15, -0.1) is 11.6 Å². The quantitative estimate of drug-likeness (QED) is 0.644. The Balaban J connectivity index is 2.15. The van der Waals surface area contributed by atoms with E-state index in [4.69, 9.17) is 21.1 Å². The van der Waals surface area contributed by atoms with Crippen LogP contribution in [0, 0.1) is 0 Å². The zero-order chi connectivity index (χ0) is 11.1. The first-order valence-electron chi connectivity index (χ1n) is 4.79. The van der Waals surface area contributed by atoms with Crippen molar-refractivity contribution in [1.29, 1.82) is 0 Å². The van der Waals surface area contributed by atoms with E-state index in [9.17, 15) is 4.79 Å². The molecule has 0 amide bonds. The number of hydrogen-bond donors (Lipinski definition) is 1. The maximum absolute atomic E-state index is 11.4. The molecule has 0 unspecified atom stereocenters. The summed E-state index contributed by atoms with van der Waals surface area (Å²) in [6, 6.07) is 5.43. The lowest BCUT2D eigenvalue weighted by Crippen LogP contribution is -1.99. The third kappa shape index (κ3) is 1.34. The van der Waals surface area contributed by atoms with Crippen LogP contribution in [0.4, 0.5) is 0 Å². The van der Waals surface area contributed by atoms with E-state index >= 15 is 0 Å². The second-order valence-electron chi connectivity index (χ2n) is 3.53. The van der Waals surface area contributed by atoms with Gasteiger partial charge in [0, 0.05) is 17.0 Å². The normalized spacial score (nSPS) is 13.3. The van der Waals surface area contributed by atoms with Gasteiger partial charge >= 0.3 is 0 Å². The number of aromatic nitrogens is 1. The number of hydrogen-bond acceptors (Lipinski definition) is 3. The van der Waals surface area contributed by atoms with E-state index in [0.717, 1.165) is 10.9 Å². The fraction of sp³-hybridized carbons (Fsp3) is 0.182. The molecule has 1 N–H and O–H groups in total. The van der Waals surface area contributed by atoms with Gasteiger partial charge in [-0.3, -0.25) is 4.79 Å². The van der Waals surface area contributed by atoms with E-state index in [2.05, 4.69) is 4.98 Å². The molecular weight excluding hydrogens is 230 g/mol. The first-order valence-corrected chi connectivity index (χ1v) is 5.33. The molecule has 1 aromatic heterocycles. The fourth-order valence-electron chi connectivity index (χ4n) is 1.74. The molecule has 0 atom stereocenters. The number of carbonyl (C=O) groups is 1. The largest absolute Gasteiger partial charge is 0.454 e. The molecule has 82 valence electrons. The van der Waals surface area contributed by atoms with E-state index in [0.29, 0.717) is 17.2 Å². The molecule has 0 radical (unpaired) electrons. The minimum absolute atomic E-state index is 0.0282. The molecule has 16 heavy (non-hydrogen) atoms. The minimum atomic E-state index is -0.125. The number of alkyl halides is 1. The van der Waals surface area contributed by atoms with E-state index in [1.807, 2.05) is 12.1 Å². The van der Waals surface area contributed by atoms with Crippen LogP contribution in [0.3, 0.4) is 0 Å². The molecule has 1 aromatic carbocycles. The topological polar surface area (TPSA) is 51.3 Å². The molecule has 1 aliphatic heterocycles. The number of halogens is 1. The van der Waals surface area contributed by atoms with Crippen LogP contribution in [-0.4, -0.2) is 23.4 Å². The zero-order valence-electron chi connectivity index (χ0n) is 8.25. The molecule has 2 aromatic rings. The SMILES string of the molecule is O=C(CCl)c1cc2cc3c(cc2[nH]1)OCO3. The van der Waals surface area contributed by atoms with E-state index in [-0.39, 0.29) is 18.5 Å². The Kier molecular flexibility index (Phi) is 2.04. The zero-order valence-corrected chi connectivity index (χ0v) is 9.00. The monoisotopic (exact) mass is 237 g/mol. The molecule has 5 heteroatoms. The molecule has 2 heterocycles. The number of H-pyrrole nitrogens is 1. The highest BCUT2D eigenvalue weighted by atomic mass is 35.5. The van der Waals surface area contributed by atoms with Gasteiger partial charge in [0.2, 0.25) is 6.79 Å². The molecule has 3 rings (SSSR count). The number of aromatic amines is 1. The molecule has 0 aliphatic carbocycles. The molecule has 0 bridgehead atoms. The second-order valence-corrected chi connectivity index (χ2v) is 3.80. The van der Waals surface area contributed by atoms with Gasteiger partial charge in [0.15, 0.2) is 17.3 Å². The van der Waals surface area contributed by atoms with Gasteiger partial charge < -0.3 is 14.5 Å². The maximum atomic E-state index is 11.4. The predicted molar refractivity (Wildman–Crippen MR) is 59.5 cm³/mol. The van der Waals surface area contributed by atoms with Crippen molar-refractivity contribution in [3.63, 3.8) is 0 Å². The van der Waals surface area contributed by atoms with Crippen LogP contribution in [0.15, 0.2) is 18.2 Å². The number of fused-ring (bicyclic) bond motifs is 2. The molecule has 4 nitrogen and oxygen atoms in total. The highest BCUT2D eigenvalue weighted by Gasteiger charge is 2.16. The van der Waals surface area contributed by atoms with Gasteiger partial charge in [0.05, 0.1) is 11.6 Å². The summed E-state index contributed by atoms with van der Waals surface area (Å²) < 4.78 is 10.5. The van der Waals surface area contributed by atoms with Gasteiger partial charge in [0.25, 0.3) is 0 Å². The van der Waals surface area contributed by atoms with E-state index in [1.54, 1.807) is 6.07 Å². The number of benzene rings is 1. The lowest BCUT2D eigenvalue weighted by atomic mass is 10.2. The lowest BCUT2D eigenvalue weighted by molar-refractivity contribution is 0.101. The first kappa shape index (κ1) is 9.54. The molecule has 0 spiro atoms. The van der Waals surface area contributed by atoms with Gasteiger partial charge in [-0.2, -0.15) is 0 Å². The Labute approximate surface area is 96.1 Å². The molecular formula is C11H8ClNO3. The Morgan fingerprint density at radius 3 is 2.81 bits per heavy atom. The molecule has 0 saturated carbocycles. The van der Waals surface area contributed by atoms with E-state index in [1.165, 1.54) is 0 Å². The average Bonchev–Trinajstić information content (AvgIpc) is 2.89. The number of rotatable bonds is 2. The van der Waals surface area contributed by atoms with Gasteiger partial charge in [-0.1, -0.05) is 0 Å². The summed E-state index contributed by atoms with van der Waals surface area (Å²) >= 11 is 5.50. The van der Waals surface area contributed by atoms with Crippen LogP contribution >= 0.6 is 11.6 Å². The summed E-state index contributed by atoms with van der Waals surface area (Å²) in [6.45, 7) is 0.245. The third-order valence-electron chi connectivity index (χ3n) is 2.54. The number of ketones is 1. The van der Waals surface area contributed by atoms with E-state index < -0.39 is 0 Å². The van der Waals surface area contributed by atoms with Crippen LogP contribution in [0.5, 0.6) is 11.5 Å². The van der Waals surface area contributed by atoms with Crippen LogP contribution in [0.1, 0.15) is 10.5 Å². The highest BCUT2D eigenvalue weighted by Crippen LogP contribution is 2.36. The van der Waals surface area contributed by atoms with Crippen molar-refractivity contribution in [3.8, 4) is 11.5 Å². The van der Waals surface area contributed by atoms with Crippen molar-refractivity contribution in [3.05, 3.63) is 23.9 Å². The van der Waals surface area contributed by atoms with Crippen molar-refractivity contribution in [2.45, 2.75) is 0 Å². The molecule has 0 saturated heterocycles. The molecule has 1 aliphatic rings. The lowest BCUT2D eigenvalue weighted by Gasteiger charge is -1.94. The molecule has 0 fully saturated rings. The summed E-state index contributed by atoms with van der Waals surface area (Å²) in [4.78, 5) is 14.4. The number of carbonyl (C=O) groups excluding carboxylic acids is 1. The maximum Gasteiger partial charge on any atom is 0.231 e. The average molecular weight is 238 g/mol. The second kappa shape index (κ2) is 3.42. The van der Waals surface area contributed by atoms with Crippen molar-refractivity contribution >= 4 is 28.3 Å². The Hall–Kier alpha value is -1.68. The Morgan fingerprint density at radius 2 is 2.06 bits per heavy atom. The third-order valence-corrected chi connectivity index (χ3v) is 2.78. The van der Waals surface area contributed by atoms with Crippen molar-refractivity contribution < 1.29 is 14.3 Å². The Bertz CT molecular complexity index is 535. The number of nitrogens with one attached hydrogen (secondary N) is 1. The summed E-state index contributed by atoms with van der Waals surface area (Å²) in [5, 5.41) is 0.915. The van der Waals surface area contributed by atoms with Crippen molar-refractivity contribution in [1.82, 2.24) is 4.98 Å². The van der Waals surface area contributed by atoms with Crippen LogP contribution in [-0.2, 0) is 0 Å². The summed E-state index contributed by atoms with van der Waals surface area (Å²) in [5.41, 5.74) is 1.35. The number of ether oxygens (including phenoxy) is 2. The van der Waals surface area contributed by atoms with Crippen molar-refractivity contribution in [2.75, 3.05) is 12.7 Å². The standard InChI is InChI=1S/C11H8ClNO3/c12-4-9(14)8-1-6-2-10-11(16-5-15-10)3-7(6)13-8/h1-3,13H,4-5H2. The summed E-state index contributed by atoms with van der Waals surface area (Å²) in [7, 11) is 0. The number of Topliss-reactive ketones (excluding diaryl/α,β-unsaturated/α-hetero) is 1. The summed E-state index contributed by atoms with van der Waals surface area (Å²) in [5.74, 6) is 1.25. The summed E-state index contributed by atoms with van der Waals surface area (Å²) in [6.07, 6.45) is 0. The van der Waals surface area contributed by atoms with Gasteiger partial charge in [-0.25, -0.2) is 0 Å². The van der Waals surface area contributed by atoms with Crippen LogP contribution in [0.2, 0.25) is 0 Å². The van der Waals surface area contributed by atoms with Gasteiger partial charge in [-0.05, 0) is 12.1 Å². The highest BCUT2D eigenvalue weighted by molar-refractivity contribution is 6.30. The smallest absolute Gasteiger partial charge is 0.231 e.